The molecule has 0 saturated carbocycles. The normalized spacial score (nSPS) is 11.2. The molecule has 0 aliphatic rings. The second kappa shape index (κ2) is 3.41. The Balaban J connectivity index is 2.67. The highest BCUT2D eigenvalue weighted by atomic mass is 14.9. The van der Waals surface area contributed by atoms with E-state index in [0.717, 1.165) is 22.4 Å². The third-order valence-corrected chi connectivity index (χ3v) is 1.98. The lowest BCUT2D eigenvalue weighted by Gasteiger charge is -1.89. The first-order valence-corrected chi connectivity index (χ1v) is 4.24. The van der Waals surface area contributed by atoms with E-state index < -0.39 is 0 Å². The highest BCUT2D eigenvalue weighted by Gasteiger charge is 2.06. The maximum absolute atomic E-state index is 4.25. The van der Waals surface area contributed by atoms with Crippen LogP contribution >= 0.6 is 0 Å². The van der Waals surface area contributed by atoms with Crippen LogP contribution in [0.4, 0.5) is 5.69 Å². The van der Waals surface area contributed by atoms with Crippen molar-refractivity contribution in [2.24, 2.45) is 9.98 Å². The molecule has 0 aliphatic carbocycles. The molecule has 4 nitrogen and oxygen atoms in total. The lowest BCUT2D eigenvalue weighted by molar-refractivity contribution is 1.28. The lowest BCUT2D eigenvalue weighted by Crippen LogP contribution is -1.72. The summed E-state index contributed by atoms with van der Waals surface area (Å²) in [5.41, 5.74) is 3.66. The number of aromatic amines is 1. The number of nitrogens with zero attached hydrogens (tertiary/aromatic N) is 3. The minimum Gasteiger partial charge on any atom is -0.355 e. The molecule has 4 heteroatoms. The van der Waals surface area contributed by atoms with Gasteiger partial charge in [0.15, 0.2) is 0 Å². The Morgan fingerprint density at radius 2 is 2.43 bits per heavy atom. The molecule has 0 bridgehead atoms. The summed E-state index contributed by atoms with van der Waals surface area (Å²) in [5.74, 6) is 0. The van der Waals surface area contributed by atoms with Gasteiger partial charge in [0.1, 0.15) is 17.5 Å². The molecule has 2 heterocycles. The third-order valence-electron chi connectivity index (χ3n) is 1.98. The molecule has 0 unspecified atom stereocenters. The zero-order chi connectivity index (χ0) is 9.97. The molecule has 0 aliphatic heterocycles. The summed E-state index contributed by atoms with van der Waals surface area (Å²) in [5, 5.41) is 0. The minimum absolute atomic E-state index is 0.827. The molecule has 2 rings (SSSR count). The summed E-state index contributed by atoms with van der Waals surface area (Å²) in [6.07, 6.45) is 3.17. The van der Waals surface area contributed by atoms with Gasteiger partial charge in [-0.2, -0.15) is 0 Å². The Bertz CT molecular complexity index is 496. The first-order valence-electron chi connectivity index (χ1n) is 4.24. The average molecular weight is 186 g/mol. The molecule has 0 amide bonds. The molecule has 14 heavy (non-hydrogen) atoms. The van der Waals surface area contributed by atoms with Crippen LogP contribution in [0, 0.1) is 6.92 Å². The lowest BCUT2D eigenvalue weighted by atomic mass is 10.3. The molecule has 2 aromatic rings. The number of aromatic nitrogens is 2. The largest absolute Gasteiger partial charge is 0.355 e. The number of aliphatic imine (C=N–C) groups is 2. The summed E-state index contributed by atoms with van der Waals surface area (Å²) in [6.45, 7) is 5.30. The Morgan fingerprint density at radius 3 is 3.21 bits per heavy atom. The monoisotopic (exact) mass is 186 g/mol. The van der Waals surface area contributed by atoms with Crippen molar-refractivity contribution in [1.29, 1.82) is 0 Å². The Morgan fingerprint density at radius 1 is 1.57 bits per heavy atom. The van der Waals surface area contributed by atoms with Gasteiger partial charge in [0, 0.05) is 11.9 Å². The van der Waals surface area contributed by atoms with Gasteiger partial charge in [0.25, 0.3) is 0 Å². The standard InChI is InChI=1S/C10H10N4/c1-7-9(13-6-11-2)10-8(14-7)4-3-5-12-10/h3-6,14H,2H2,1H3/b13-6-. The van der Waals surface area contributed by atoms with Gasteiger partial charge in [-0.1, -0.05) is 0 Å². The molecule has 0 aromatic carbocycles. The fourth-order valence-electron chi connectivity index (χ4n) is 1.39. The molecule has 0 radical (unpaired) electrons. The number of aryl methyl sites for hydroxylation is 1. The molecule has 0 fully saturated rings. The number of hydrogen-bond donors (Lipinski definition) is 1. The molecular formula is C10H10N4. The van der Waals surface area contributed by atoms with Crippen LogP contribution in [0.15, 0.2) is 28.3 Å². The van der Waals surface area contributed by atoms with E-state index in [9.17, 15) is 0 Å². The second-order valence-electron chi connectivity index (χ2n) is 2.93. The van der Waals surface area contributed by atoms with E-state index >= 15 is 0 Å². The van der Waals surface area contributed by atoms with Crippen molar-refractivity contribution in [2.45, 2.75) is 6.92 Å². The van der Waals surface area contributed by atoms with Crippen LogP contribution in [-0.2, 0) is 0 Å². The zero-order valence-electron chi connectivity index (χ0n) is 7.86. The summed E-state index contributed by atoms with van der Waals surface area (Å²) in [7, 11) is 0. The zero-order valence-corrected chi connectivity index (χ0v) is 7.86. The van der Waals surface area contributed by atoms with E-state index in [2.05, 4.69) is 26.7 Å². The summed E-state index contributed by atoms with van der Waals surface area (Å²) in [6, 6.07) is 3.85. The fourth-order valence-corrected chi connectivity index (χ4v) is 1.39. The van der Waals surface area contributed by atoms with Gasteiger partial charge in [0.2, 0.25) is 0 Å². The molecule has 2 aromatic heterocycles. The van der Waals surface area contributed by atoms with E-state index in [-0.39, 0.29) is 0 Å². The van der Waals surface area contributed by atoms with Crippen molar-refractivity contribution in [2.75, 3.05) is 0 Å². The van der Waals surface area contributed by atoms with E-state index in [1.165, 1.54) is 6.34 Å². The Kier molecular flexibility index (Phi) is 2.10. The number of pyridine rings is 1. The molecule has 0 atom stereocenters. The first kappa shape index (κ1) is 8.62. The smallest absolute Gasteiger partial charge is 0.115 e. The minimum atomic E-state index is 0.827. The van der Waals surface area contributed by atoms with Crippen LogP contribution in [0.2, 0.25) is 0 Å². The van der Waals surface area contributed by atoms with E-state index in [4.69, 9.17) is 0 Å². The van der Waals surface area contributed by atoms with Gasteiger partial charge in [-0.15, -0.1) is 0 Å². The van der Waals surface area contributed by atoms with Gasteiger partial charge in [-0.3, -0.25) is 9.98 Å². The Labute approximate surface area is 81.4 Å². The van der Waals surface area contributed by atoms with Crippen LogP contribution in [-0.4, -0.2) is 23.0 Å². The Hall–Kier alpha value is -1.97. The number of H-pyrrole nitrogens is 1. The topological polar surface area (TPSA) is 53.4 Å². The van der Waals surface area contributed by atoms with Crippen molar-refractivity contribution in [3.8, 4) is 0 Å². The van der Waals surface area contributed by atoms with Gasteiger partial charge >= 0.3 is 0 Å². The van der Waals surface area contributed by atoms with E-state index in [0.29, 0.717) is 0 Å². The van der Waals surface area contributed by atoms with Crippen molar-refractivity contribution in [3.63, 3.8) is 0 Å². The summed E-state index contributed by atoms with van der Waals surface area (Å²) in [4.78, 5) is 15.2. The SMILES string of the molecule is C=N/C=N\c1c(C)[nH]c2cccnc12. The maximum Gasteiger partial charge on any atom is 0.115 e. The number of fused-ring (bicyclic) bond motifs is 1. The van der Waals surface area contributed by atoms with Gasteiger partial charge < -0.3 is 4.98 Å². The molecular weight excluding hydrogens is 176 g/mol. The summed E-state index contributed by atoms with van der Waals surface area (Å²) < 4.78 is 0. The fraction of sp³-hybridized carbons (Fsp3) is 0.100. The van der Waals surface area contributed by atoms with Gasteiger partial charge in [-0.05, 0) is 25.8 Å². The van der Waals surface area contributed by atoms with Crippen molar-refractivity contribution in [3.05, 3.63) is 24.0 Å². The molecule has 0 saturated heterocycles. The van der Waals surface area contributed by atoms with Crippen LogP contribution in [0.3, 0.4) is 0 Å². The highest BCUT2D eigenvalue weighted by Crippen LogP contribution is 2.27. The predicted molar refractivity (Wildman–Crippen MR) is 58.5 cm³/mol. The average Bonchev–Trinajstić information content (AvgIpc) is 2.51. The van der Waals surface area contributed by atoms with E-state index in [1.807, 2.05) is 19.1 Å². The molecule has 1 N–H and O–H groups in total. The quantitative estimate of drug-likeness (QED) is 0.567. The molecule has 70 valence electrons. The summed E-state index contributed by atoms with van der Waals surface area (Å²) >= 11 is 0. The van der Waals surface area contributed by atoms with Crippen molar-refractivity contribution < 1.29 is 0 Å². The predicted octanol–water partition coefficient (Wildman–Crippen LogP) is 2.23. The van der Waals surface area contributed by atoms with Gasteiger partial charge in [-0.25, -0.2) is 4.99 Å². The van der Waals surface area contributed by atoms with Crippen LogP contribution in [0.25, 0.3) is 11.0 Å². The first-order chi connectivity index (χ1) is 6.83. The van der Waals surface area contributed by atoms with Crippen molar-refractivity contribution in [1.82, 2.24) is 9.97 Å². The highest BCUT2D eigenvalue weighted by molar-refractivity contribution is 5.90. The maximum atomic E-state index is 4.25. The number of rotatable bonds is 2. The van der Waals surface area contributed by atoms with E-state index in [1.54, 1.807) is 6.20 Å². The molecule has 0 spiro atoms. The van der Waals surface area contributed by atoms with Crippen LogP contribution in [0.5, 0.6) is 0 Å². The third kappa shape index (κ3) is 1.31. The van der Waals surface area contributed by atoms with Crippen molar-refractivity contribution >= 4 is 29.8 Å². The second-order valence-corrected chi connectivity index (χ2v) is 2.93. The number of hydrogen-bond acceptors (Lipinski definition) is 2. The number of nitrogens with one attached hydrogen (secondary N) is 1. The van der Waals surface area contributed by atoms with Gasteiger partial charge in [0.05, 0.1) is 5.52 Å². The van der Waals surface area contributed by atoms with Crippen LogP contribution in [0.1, 0.15) is 5.69 Å². The van der Waals surface area contributed by atoms with Crippen LogP contribution < -0.4 is 0 Å².